The van der Waals surface area contributed by atoms with Gasteiger partial charge in [-0.3, -0.25) is 0 Å². The summed E-state index contributed by atoms with van der Waals surface area (Å²) in [6, 6.07) is 2.53. The van der Waals surface area contributed by atoms with E-state index in [0.717, 1.165) is 30.2 Å². The van der Waals surface area contributed by atoms with E-state index in [1.54, 1.807) is 0 Å². The first-order valence-electron chi connectivity index (χ1n) is 8.45. The van der Waals surface area contributed by atoms with Crippen LogP contribution in [0.15, 0.2) is 40.7 Å². The average molecular weight is 340 g/mol. The zero-order valence-corrected chi connectivity index (χ0v) is 13.7. The first kappa shape index (κ1) is 15.8. The quantitative estimate of drug-likeness (QED) is 0.898. The molecular formula is C19H18F2N4. The predicted molar refractivity (Wildman–Crippen MR) is 90.0 cm³/mol. The second-order valence-corrected chi connectivity index (χ2v) is 6.67. The van der Waals surface area contributed by atoms with Crippen molar-refractivity contribution in [2.45, 2.75) is 44.6 Å². The molecule has 3 aliphatic rings. The van der Waals surface area contributed by atoms with Crippen LogP contribution in [0.1, 0.15) is 42.9 Å². The minimum absolute atomic E-state index is 0.0327. The normalized spacial score (nSPS) is 21.8. The summed E-state index contributed by atoms with van der Waals surface area (Å²) in [5, 5.41) is 10.6. The van der Waals surface area contributed by atoms with Crippen molar-refractivity contribution in [3.63, 3.8) is 0 Å². The Balaban J connectivity index is 2.01. The van der Waals surface area contributed by atoms with Crippen molar-refractivity contribution in [3.8, 4) is 6.07 Å². The van der Waals surface area contributed by atoms with Gasteiger partial charge in [0.25, 0.3) is 6.43 Å². The topological polar surface area (TPSA) is 67.1 Å². The summed E-state index contributed by atoms with van der Waals surface area (Å²) >= 11 is 0. The van der Waals surface area contributed by atoms with Crippen LogP contribution in [0.5, 0.6) is 0 Å². The summed E-state index contributed by atoms with van der Waals surface area (Å²) in [4.78, 5) is 4.33. The Labute approximate surface area is 144 Å². The lowest BCUT2D eigenvalue weighted by Gasteiger charge is -2.28. The first-order valence-corrected chi connectivity index (χ1v) is 8.45. The Morgan fingerprint density at radius 1 is 1.32 bits per heavy atom. The number of nitrogens with zero attached hydrogens (tertiary/aromatic N) is 3. The van der Waals surface area contributed by atoms with Gasteiger partial charge in [0.05, 0.1) is 10.9 Å². The molecular weight excluding hydrogens is 322 g/mol. The van der Waals surface area contributed by atoms with Gasteiger partial charge in [-0.05, 0) is 37.3 Å². The van der Waals surface area contributed by atoms with Crippen molar-refractivity contribution in [2.75, 3.05) is 0 Å². The van der Waals surface area contributed by atoms with Crippen LogP contribution in [0.4, 0.5) is 8.78 Å². The van der Waals surface area contributed by atoms with E-state index in [1.807, 2.05) is 18.2 Å². The molecule has 0 spiro atoms. The largest absolute Gasteiger partial charge is 0.399 e. The fourth-order valence-electron chi connectivity index (χ4n) is 3.63. The van der Waals surface area contributed by atoms with E-state index < -0.39 is 6.43 Å². The predicted octanol–water partition coefficient (Wildman–Crippen LogP) is 2.36. The molecule has 0 radical (unpaired) electrons. The molecule has 2 aliphatic carbocycles. The van der Waals surface area contributed by atoms with E-state index >= 15 is 0 Å². The highest BCUT2D eigenvalue weighted by atomic mass is 19.3. The van der Waals surface area contributed by atoms with Crippen molar-refractivity contribution in [1.29, 1.82) is 5.26 Å². The van der Waals surface area contributed by atoms with Crippen LogP contribution >= 0.6 is 0 Å². The van der Waals surface area contributed by atoms with Gasteiger partial charge in [-0.2, -0.15) is 5.26 Å². The third-order valence-corrected chi connectivity index (χ3v) is 5.18. The highest BCUT2D eigenvalue weighted by Gasteiger charge is 2.29. The molecule has 0 bridgehead atoms. The molecule has 1 aromatic rings. The number of aromatic nitrogens is 1. The molecule has 4 nitrogen and oxygen atoms in total. The van der Waals surface area contributed by atoms with Crippen LogP contribution in [0.2, 0.25) is 0 Å². The number of nitriles is 1. The fourth-order valence-corrected chi connectivity index (χ4v) is 3.63. The molecule has 0 unspecified atom stereocenters. The zero-order chi connectivity index (χ0) is 17.6. The van der Waals surface area contributed by atoms with Crippen molar-refractivity contribution < 1.29 is 8.78 Å². The van der Waals surface area contributed by atoms with E-state index in [2.05, 4.69) is 15.6 Å². The maximum absolute atomic E-state index is 13.1. The third-order valence-electron chi connectivity index (χ3n) is 5.18. The molecule has 128 valence electrons. The number of allylic oxidation sites excluding steroid dienone is 4. The van der Waals surface area contributed by atoms with Gasteiger partial charge in [-0.1, -0.05) is 12.2 Å². The van der Waals surface area contributed by atoms with Crippen LogP contribution in [-0.4, -0.2) is 11.0 Å². The molecule has 0 amide bonds. The Hall–Kier alpha value is -2.68. The Morgan fingerprint density at radius 3 is 2.68 bits per heavy atom. The number of alkyl halides is 2. The van der Waals surface area contributed by atoms with Crippen LogP contribution in [0.25, 0.3) is 5.57 Å². The maximum Gasteiger partial charge on any atom is 0.262 e. The smallest absolute Gasteiger partial charge is 0.262 e. The van der Waals surface area contributed by atoms with Gasteiger partial charge in [-0.15, -0.1) is 0 Å². The lowest BCUT2D eigenvalue weighted by molar-refractivity contribution is 0.186. The molecule has 2 heterocycles. The van der Waals surface area contributed by atoms with Crippen molar-refractivity contribution in [1.82, 2.24) is 4.57 Å². The summed E-state index contributed by atoms with van der Waals surface area (Å²) in [7, 11) is 0. The van der Waals surface area contributed by atoms with Crippen molar-refractivity contribution in [3.05, 3.63) is 57.7 Å². The van der Waals surface area contributed by atoms with Crippen LogP contribution in [0.3, 0.4) is 0 Å². The molecule has 1 aromatic heterocycles. The molecule has 1 fully saturated rings. The molecule has 4 rings (SSSR count). The molecule has 1 saturated carbocycles. The van der Waals surface area contributed by atoms with Crippen LogP contribution in [0, 0.1) is 11.3 Å². The van der Waals surface area contributed by atoms with Gasteiger partial charge in [0, 0.05) is 35.5 Å². The van der Waals surface area contributed by atoms with E-state index in [1.165, 1.54) is 6.20 Å². The summed E-state index contributed by atoms with van der Waals surface area (Å²) in [5.74, 6) is 0. The number of rotatable bonds is 2. The Bertz CT molecular complexity index is 982. The van der Waals surface area contributed by atoms with Gasteiger partial charge in [-0.25, -0.2) is 13.8 Å². The highest BCUT2D eigenvalue weighted by Crippen LogP contribution is 2.31. The van der Waals surface area contributed by atoms with Gasteiger partial charge in [0.15, 0.2) is 0 Å². The zero-order valence-electron chi connectivity index (χ0n) is 13.7. The number of hydrogen-bond donors (Lipinski definition) is 1. The second kappa shape index (κ2) is 5.99. The van der Waals surface area contributed by atoms with Gasteiger partial charge < -0.3 is 10.3 Å². The highest BCUT2D eigenvalue weighted by molar-refractivity contribution is 5.64. The van der Waals surface area contributed by atoms with Crippen LogP contribution in [-0.2, 0) is 6.42 Å². The number of halogens is 2. The minimum Gasteiger partial charge on any atom is -0.399 e. The minimum atomic E-state index is -2.55. The fraction of sp³-hybridized carbons (Fsp3) is 0.368. The van der Waals surface area contributed by atoms with E-state index in [0.29, 0.717) is 28.7 Å². The van der Waals surface area contributed by atoms with Gasteiger partial charge >= 0.3 is 0 Å². The van der Waals surface area contributed by atoms with Gasteiger partial charge in [0.2, 0.25) is 0 Å². The monoisotopic (exact) mass is 340 g/mol. The lowest BCUT2D eigenvalue weighted by Crippen LogP contribution is -2.37. The Morgan fingerprint density at radius 2 is 2.12 bits per heavy atom. The lowest BCUT2D eigenvalue weighted by atomic mass is 9.92. The third kappa shape index (κ3) is 2.51. The van der Waals surface area contributed by atoms with Gasteiger partial charge in [0.1, 0.15) is 11.6 Å². The molecule has 0 saturated heterocycles. The summed E-state index contributed by atoms with van der Waals surface area (Å²) in [6.07, 6.45) is 8.26. The molecule has 1 aliphatic heterocycles. The van der Waals surface area contributed by atoms with Crippen molar-refractivity contribution >= 4 is 5.57 Å². The molecule has 25 heavy (non-hydrogen) atoms. The summed E-state index contributed by atoms with van der Waals surface area (Å²) in [5.41, 5.74) is 9.24. The van der Waals surface area contributed by atoms with E-state index in [4.69, 9.17) is 5.73 Å². The second-order valence-electron chi connectivity index (χ2n) is 6.67. The van der Waals surface area contributed by atoms with Crippen molar-refractivity contribution in [2.24, 2.45) is 10.7 Å². The van der Waals surface area contributed by atoms with E-state index in [-0.39, 0.29) is 18.0 Å². The molecule has 2 N–H and O–H groups in total. The average Bonchev–Trinajstić information content (AvgIpc) is 2.87. The van der Waals surface area contributed by atoms with E-state index in [9.17, 15) is 14.0 Å². The standard InChI is InChI=1S/C19H18F2N4/c20-18(21)12-8-15-16(9-22)17(11-4-6-13(23)7-5-11)25(14-2-1-3-14)19(15)24-10-12/h4,6-7,10,14,18H,1-3,5,8,23H2. The molecule has 6 heteroatoms. The number of hydrogen-bond acceptors (Lipinski definition) is 3. The number of fused-ring (bicyclic) bond motifs is 1. The maximum atomic E-state index is 13.1. The summed E-state index contributed by atoms with van der Waals surface area (Å²) in [6.45, 7) is 0. The first-order chi connectivity index (χ1) is 12.1. The molecule has 0 atom stereocenters. The number of nitrogens with two attached hydrogens (primary N) is 1. The Kier molecular flexibility index (Phi) is 3.79. The van der Waals surface area contributed by atoms with Crippen LogP contribution < -0.4 is 16.6 Å². The summed E-state index contributed by atoms with van der Waals surface area (Å²) < 4.78 is 28.4. The molecule has 0 aromatic carbocycles. The SMILES string of the molecule is N#Cc1c2c(n(C3CCC3)c1=C1C=CC(N)=CC1)=NC=C(C(F)F)C2.